The molecule has 0 heterocycles. The third kappa shape index (κ3) is 16.6. The van der Waals surface area contributed by atoms with Crippen molar-refractivity contribution < 1.29 is 28.4 Å². The molecule has 4 rings (SSSR count). The first-order valence-electron chi connectivity index (χ1n) is 24.0. The van der Waals surface area contributed by atoms with Crippen molar-refractivity contribution in [2.24, 2.45) is 0 Å². The van der Waals surface area contributed by atoms with Gasteiger partial charge in [0.2, 0.25) is 0 Å². The van der Waals surface area contributed by atoms with E-state index in [2.05, 4.69) is 96.0 Å². The van der Waals surface area contributed by atoms with E-state index in [-0.39, 0.29) is 0 Å². The summed E-state index contributed by atoms with van der Waals surface area (Å²) < 4.78 is 39.8. The van der Waals surface area contributed by atoms with Gasteiger partial charge in [-0.25, -0.2) is 0 Å². The van der Waals surface area contributed by atoms with Gasteiger partial charge in [0.05, 0.1) is 39.6 Å². The molecular formula is C52H78Br2O6. The minimum atomic E-state index is 0.640. The van der Waals surface area contributed by atoms with Gasteiger partial charge < -0.3 is 28.4 Å². The molecule has 0 N–H and O–H groups in total. The van der Waals surface area contributed by atoms with E-state index in [0.717, 1.165) is 167 Å². The van der Waals surface area contributed by atoms with Crippen molar-refractivity contribution in [3.05, 3.63) is 36.4 Å². The summed E-state index contributed by atoms with van der Waals surface area (Å²) in [5.74, 6) is 4.80. The van der Waals surface area contributed by atoms with E-state index in [1.54, 1.807) is 0 Å². The van der Waals surface area contributed by atoms with Gasteiger partial charge in [-0.2, -0.15) is 0 Å². The third-order valence-electron chi connectivity index (χ3n) is 11.2. The SMILES string of the molecule is CCCCCCOc1cc2c3cc(OCCCCCC)c(OCCCCCC)cc3c3cc(OCCCCCBr)c(OCCCCCBr)cc3c2cc1OCCCCCC. The van der Waals surface area contributed by atoms with E-state index in [9.17, 15) is 0 Å². The summed E-state index contributed by atoms with van der Waals surface area (Å²) in [7, 11) is 0. The van der Waals surface area contributed by atoms with Crippen LogP contribution in [0.2, 0.25) is 0 Å². The van der Waals surface area contributed by atoms with E-state index in [0.29, 0.717) is 39.6 Å². The summed E-state index contributed by atoms with van der Waals surface area (Å²) in [5.41, 5.74) is 0. The molecule has 336 valence electrons. The molecule has 0 saturated heterocycles. The largest absolute Gasteiger partial charge is 0.490 e. The summed E-state index contributed by atoms with van der Waals surface area (Å²) >= 11 is 7.18. The second-order valence-electron chi connectivity index (χ2n) is 16.4. The Morgan fingerprint density at radius 2 is 0.450 bits per heavy atom. The third-order valence-corrected chi connectivity index (χ3v) is 12.3. The molecule has 0 saturated carbocycles. The Labute approximate surface area is 380 Å². The zero-order chi connectivity index (χ0) is 42.6. The van der Waals surface area contributed by atoms with Crippen LogP contribution < -0.4 is 28.4 Å². The Morgan fingerprint density at radius 3 is 0.617 bits per heavy atom. The van der Waals surface area contributed by atoms with Gasteiger partial charge in [-0.3, -0.25) is 0 Å². The molecule has 0 aromatic heterocycles. The van der Waals surface area contributed by atoms with Gasteiger partial charge in [-0.15, -0.1) is 0 Å². The highest BCUT2D eigenvalue weighted by Gasteiger charge is 2.21. The van der Waals surface area contributed by atoms with Crippen molar-refractivity contribution in [3.8, 4) is 34.5 Å². The maximum Gasteiger partial charge on any atom is 0.161 e. The molecule has 0 fully saturated rings. The molecule has 8 heteroatoms. The van der Waals surface area contributed by atoms with Gasteiger partial charge in [0.1, 0.15) is 0 Å². The van der Waals surface area contributed by atoms with Gasteiger partial charge >= 0.3 is 0 Å². The molecule has 60 heavy (non-hydrogen) atoms. The molecule has 4 aromatic rings. The summed E-state index contributed by atoms with van der Waals surface area (Å²) in [6.07, 6.45) is 24.8. The summed E-state index contributed by atoms with van der Waals surface area (Å²) in [4.78, 5) is 0. The van der Waals surface area contributed by atoms with Crippen molar-refractivity contribution in [1.29, 1.82) is 0 Å². The molecule has 0 unspecified atom stereocenters. The van der Waals surface area contributed by atoms with Crippen molar-refractivity contribution >= 4 is 64.2 Å². The standard InChI is InChI=1S/C52H78Br2O6/c1-5-9-13-21-29-55-47-35-41-42-36-48(56-30-22-14-10-6-2)50(58-32-24-16-12-8-4)38-44(42)46-40-52(60-34-26-18-20-28-54)51(59-33-25-17-19-27-53)39-45(46)43(41)37-49(47)57-31-23-15-11-7-3/h35-40H,5-34H2,1-4H3. The average Bonchev–Trinajstić information content (AvgIpc) is 3.26. The first-order valence-corrected chi connectivity index (χ1v) is 26.3. The molecule has 0 radical (unpaired) electrons. The predicted molar refractivity (Wildman–Crippen MR) is 264 cm³/mol. The molecule has 0 bridgehead atoms. The number of hydrogen-bond acceptors (Lipinski definition) is 6. The molecule has 0 aliphatic rings. The molecule has 6 nitrogen and oxygen atoms in total. The second kappa shape index (κ2) is 30.5. The van der Waals surface area contributed by atoms with E-state index >= 15 is 0 Å². The smallest absolute Gasteiger partial charge is 0.161 e. The molecular weight excluding hydrogens is 880 g/mol. The Balaban J connectivity index is 1.95. The van der Waals surface area contributed by atoms with Crippen LogP contribution in [0.15, 0.2) is 36.4 Å². The molecule has 0 aliphatic carbocycles. The minimum Gasteiger partial charge on any atom is -0.490 e. The van der Waals surface area contributed by atoms with Gasteiger partial charge in [-0.1, -0.05) is 137 Å². The maximum absolute atomic E-state index is 6.64. The molecule has 0 spiro atoms. The van der Waals surface area contributed by atoms with Crippen molar-refractivity contribution in [2.75, 3.05) is 50.3 Å². The minimum absolute atomic E-state index is 0.640. The zero-order valence-corrected chi connectivity index (χ0v) is 41.1. The summed E-state index contributed by atoms with van der Waals surface area (Å²) in [6.45, 7) is 12.9. The Morgan fingerprint density at radius 1 is 0.267 bits per heavy atom. The topological polar surface area (TPSA) is 55.4 Å². The second-order valence-corrected chi connectivity index (χ2v) is 18.0. The maximum atomic E-state index is 6.64. The Hall–Kier alpha value is -2.58. The first kappa shape index (κ1) is 50.1. The van der Waals surface area contributed by atoms with Crippen LogP contribution >= 0.6 is 31.9 Å². The van der Waals surface area contributed by atoms with Crippen molar-refractivity contribution in [2.45, 2.75) is 169 Å². The van der Waals surface area contributed by atoms with Gasteiger partial charge in [0.15, 0.2) is 34.5 Å². The fraction of sp³-hybridized carbons (Fsp3) is 0.654. The van der Waals surface area contributed by atoms with Crippen LogP contribution in [0.25, 0.3) is 32.3 Å². The van der Waals surface area contributed by atoms with Crippen LogP contribution in [0.5, 0.6) is 34.5 Å². The van der Waals surface area contributed by atoms with Gasteiger partial charge in [-0.05, 0) is 133 Å². The number of benzene rings is 4. The van der Waals surface area contributed by atoms with Gasteiger partial charge in [0, 0.05) is 10.7 Å². The van der Waals surface area contributed by atoms with E-state index < -0.39 is 0 Å². The average molecular weight is 959 g/mol. The number of unbranched alkanes of at least 4 members (excludes halogenated alkanes) is 16. The highest BCUT2D eigenvalue weighted by Crippen LogP contribution is 2.47. The fourth-order valence-corrected chi connectivity index (χ4v) is 8.44. The highest BCUT2D eigenvalue weighted by atomic mass is 79.9. The normalized spacial score (nSPS) is 11.5. The van der Waals surface area contributed by atoms with Crippen LogP contribution in [0.4, 0.5) is 0 Å². The quantitative estimate of drug-likeness (QED) is 0.0257. The molecule has 0 aliphatic heterocycles. The number of fused-ring (bicyclic) bond motifs is 6. The predicted octanol–water partition coefficient (Wildman–Crippen LogP) is 16.9. The number of alkyl halides is 2. The lowest BCUT2D eigenvalue weighted by Crippen LogP contribution is -2.05. The van der Waals surface area contributed by atoms with Crippen LogP contribution in [0, 0.1) is 0 Å². The number of ether oxygens (including phenoxy) is 6. The number of rotatable bonds is 36. The lowest BCUT2D eigenvalue weighted by atomic mass is 9.93. The number of halogens is 2. The highest BCUT2D eigenvalue weighted by molar-refractivity contribution is 9.09. The summed E-state index contributed by atoms with van der Waals surface area (Å²) in [5, 5.41) is 8.65. The van der Waals surface area contributed by atoms with Crippen LogP contribution in [0.1, 0.15) is 169 Å². The monoisotopic (exact) mass is 956 g/mol. The van der Waals surface area contributed by atoms with E-state index in [1.807, 2.05) is 0 Å². The first-order chi connectivity index (χ1) is 29.6. The fourth-order valence-electron chi connectivity index (χ4n) is 7.65. The Kier molecular flexibility index (Phi) is 25.4. The lowest BCUT2D eigenvalue weighted by Gasteiger charge is -2.21. The van der Waals surface area contributed by atoms with Crippen LogP contribution in [0.3, 0.4) is 0 Å². The van der Waals surface area contributed by atoms with Crippen LogP contribution in [-0.4, -0.2) is 50.3 Å². The van der Waals surface area contributed by atoms with Crippen molar-refractivity contribution in [1.82, 2.24) is 0 Å². The van der Waals surface area contributed by atoms with E-state index in [4.69, 9.17) is 28.4 Å². The van der Waals surface area contributed by atoms with Crippen LogP contribution in [-0.2, 0) is 0 Å². The molecule has 0 atom stereocenters. The summed E-state index contributed by atoms with van der Waals surface area (Å²) in [6, 6.07) is 13.3. The van der Waals surface area contributed by atoms with Crippen molar-refractivity contribution in [3.63, 3.8) is 0 Å². The Bertz CT molecular complexity index is 1420. The van der Waals surface area contributed by atoms with Gasteiger partial charge in [0.25, 0.3) is 0 Å². The molecule has 4 aromatic carbocycles. The lowest BCUT2D eigenvalue weighted by molar-refractivity contribution is 0.259. The number of hydrogen-bond donors (Lipinski definition) is 0. The molecule has 0 amide bonds. The zero-order valence-electron chi connectivity index (χ0n) is 37.9. The van der Waals surface area contributed by atoms with E-state index in [1.165, 1.54) is 51.4 Å².